The Morgan fingerprint density at radius 1 is 0.279 bits per heavy atom. The van der Waals surface area contributed by atoms with E-state index < -0.39 is 6.10 Å². The highest BCUT2D eigenvalue weighted by Gasteiger charge is 2.16. The third kappa shape index (κ3) is 73.5. The zero-order chi connectivity index (χ0) is 61.9. The molecule has 0 aromatic rings. The van der Waals surface area contributed by atoms with Crippen LogP contribution in [-0.4, -0.2) is 36.4 Å². The van der Waals surface area contributed by atoms with Gasteiger partial charge in [-0.1, -0.05) is 401 Å². The van der Waals surface area contributed by atoms with Crippen LogP contribution in [0.25, 0.3) is 0 Å². The molecule has 0 aromatic carbocycles. The Morgan fingerprint density at radius 2 is 0.500 bits per heavy atom. The largest absolute Gasteiger partial charge is 0.462 e. The topological polar surface area (TPSA) is 72.8 Å². The van der Waals surface area contributed by atoms with Crippen LogP contribution < -0.4 is 0 Å². The summed E-state index contributed by atoms with van der Waals surface area (Å²) in [6, 6.07) is 0. The van der Waals surface area contributed by atoms with Crippen LogP contribution in [-0.2, 0) is 19.1 Å². The second kappa shape index (κ2) is 76.3. The third-order valence-corrected chi connectivity index (χ3v) is 17.2. The van der Waals surface area contributed by atoms with E-state index >= 15 is 0 Å². The van der Waals surface area contributed by atoms with Crippen molar-refractivity contribution in [2.45, 2.75) is 405 Å². The Balaban J connectivity index is 3.41. The van der Waals surface area contributed by atoms with Gasteiger partial charge in [-0.2, -0.15) is 0 Å². The number of hydrogen-bond acceptors (Lipinski definition) is 5. The van der Waals surface area contributed by atoms with Gasteiger partial charge in [-0.3, -0.25) is 9.59 Å². The van der Waals surface area contributed by atoms with Crippen molar-refractivity contribution in [1.29, 1.82) is 0 Å². The van der Waals surface area contributed by atoms with Crippen LogP contribution in [0.15, 0.2) is 85.1 Å². The monoisotopic (exact) mass is 1200 g/mol. The summed E-state index contributed by atoms with van der Waals surface area (Å²) in [6.07, 6.45) is 108. The maximum Gasteiger partial charge on any atom is 0.306 e. The molecule has 5 nitrogen and oxygen atoms in total. The van der Waals surface area contributed by atoms with E-state index in [9.17, 15) is 14.7 Å². The molecule has 1 unspecified atom stereocenters. The molecular formula is C81H146O5. The highest BCUT2D eigenvalue weighted by atomic mass is 16.6. The molecule has 500 valence electrons. The van der Waals surface area contributed by atoms with Crippen LogP contribution in [0.4, 0.5) is 0 Å². The van der Waals surface area contributed by atoms with Gasteiger partial charge in [-0.05, 0) is 70.6 Å². The zero-order valence-corrected chi connectivity index (χ0v) is 57.6. The van der Waals surface area contributed by atoms with Gasteiger partial charge >= 0.3 is 11.9 Å². The number of rotatable bonds is 71. The minimum atomic E-state index is -0.778. The quantitative estimate of drug-likeness (QED) is 0.0373. The maximum absolute atomic E-state index is 12.4. The van der Waals surface area contributed by atoms with Crippen molar-refractivity contribution in [3.05, 3.63) is 85.1 Å². The number of carbonyl (C=O) groups is 2. The van der Waals surface area contributed by atoms with Crippen molar-refractivity contribution < 1.29 is 24.2 Å². The molecule has 1 atom stereocenters. The molecule has 86 heavy (non-hydrogen) atoms. The molecule has 0 amide bonds. The SMILES string of the molecule is CC/C=C\C/C=C\C/C=C\C/C=C\C/C=C\C/C=C\C/C=C\CCCCCCCCCCCCCC(=O)OC(CO)COC(=O)CCCCCCCCCCCCCCCCCCCCCCCCCCCCCCCCCCCCCCCCC. The molecule has 0 fully saturated rings. The second-order valence-electron chi connectivity index (χ2n) is 25.7. The summed E-state index contributed by atoms with van der Waals surface area (Å²) >= 11 is 0. The van der Waals surface area contributed by atoms with E-state index in [-0.39, 0.29) is 25.2 Å². The lowest BCUT2D eigenvalue weighted by Gasteiger charge is -2.15. The van der Waals surface area contributed by atoms with Gasteiger partial charge in [0.05, 0.1) is 6.61 Å². The van der Waals surface area contributed by atoms with Crippen molar-refractivity contribution in [3.8, 4) is 0 Å². The predicted molar refractivity (Wildman–Crippen MR) is 380 cm³/mol. The Labute approximate surface area is 536 Å². The van der Waals surface area contributed by atoms with E-state index in [0.717, 1.165) is 83.5 Å². The van der Waals surface area contributed by atoms with Gasteiger partial charge in [0.2, 0.25) is 0 Å². The van der Waals surface area contributed by atoms with Crippen molar-refractivity contribution in [2.24, 2.45) is 0 Å². The predicted octanol–water partition coefficient (Wildman–Crippen LogP) is 26.8. The van der Waals surface area contributed by atoms with Crippen LogP contribution in [0.5, 0.6) is 0 Å². The van der Waals surface area contributed by atoms with Crippen LogP contribution >= 0.6 is 0 Å². The number of ether oxygens (including phenoxy) is 2. The minimum Gasteiger partial charge on any atom is -0.462 e. The second-order valence-corrected chi connectivity index (χ2v) is 25.7. The summed E-state index contributed by atoms with van der Waals surface area (Å²) in [4.78, 5) is 24.7. The van der Waals surface area contributed by atoms with E-state index in [4.69, 9.17) is 9.47 Å². The van der Waals surface area contributed by atoms with Gasteiger partial charge in [-0.25, -0.2) is 0 Å². The highest BCUT2D eigenvalue weighted by Crippen LogP contribution is 2.19. The van der Waals surface area contributed by atoms with Crippen molar-refractivity contribution in [2.75, 3.05) is 13.2 Å². The number of carbonyl (C=O) groups excluding carboxylic acids is 2. The first-order valence-corrected chi connectivity index (χ1v) is 38.1. The summed E-state index contributed by atoms with van der Waals surface area (Å²) in [5.41, 5.74) is 0. The normalized spacial score (nSPS) is 12.6. The first-order valence-electron chi connectivity index (χ1n) is 38.1. The Morgan fingerprint density at radius 3 is 0.756 bits per heavy atom. The highest BCUT2D eigenvalue weighted by molar-refractivity contribution is 5.70. The number of aliphatic hydroxyl groups excluding tert-OH is 1. The number of unbranched alkanes of at least 4 members (excludes halogenated alkanes) is 49. The minimum absolute atomic E-state index is 0.0659. The zero-order valence-electron chi connectivity index (χ0n) is 57.6. The van der Waals surface area contributed by atoms with E-state index in [1.807, 2.05) is 0 Å². The smallest absolute Gasteiger partial charge is 0.306 e. The number of hydrogen-bond donors (Lipinski definition) is 1. The third-order valence-electron chi connectivity index (χ3n) is 17.2. The van der Waals surface area contributed by atoms with Gasteiger partial charge in [0.15, 0.2) is 6.10 Å². The molecular weight excluding hydrogens is 1050 g/mol. The van der Waals surface area contributed by atoms with Crippen LogP contribution in [0.2, 0.25) is 0 Å². The maximum atomic E-state index is 12.4. The summed E-state index contributed by atoms with van der Waals surface area (Å²) < 4.78 is 10.8. The van der Waals surface area contributed by atoms with Crippen molar-refractivity contribution >= 4 is 11.9 Å². The Bertz CT molecular complexity index is 1550. The molecule has 0 aliphatic rings. The molecule has 0 rings (SSSR count). The molecule has 1 N–H and O–H groups in total. The molecule has 0 heterocycles. The van der Waals surface area contributed by atoms with E-state index in [1.54, 1.807) is 0 Å². The molecule has 0 saturated carbocycles. The van der Waals surface area contributed by atoms with E-state index in [0.29, 0.717) is 12.8 Å². The van der Waals surface area contributed by atoms with Crippen LogP contribution in [0.3, 0.4) is 0 Å². The molecule has 0 aromatic heterocycles. The standard InChI is InChI=1S/C81H146O5/c1-3-5-7-9-11-13-15-17-19-21-23-25-27-29-31-33-35-37-38-39-40-41-42-44-45-47-49-51-53-55-57-59-61-63-65-67-69-71-73-75-80(83)85-78-79(77-82)86-81(84)76-74-72-70-68-66-64-62-60-58-56-54-52-50-48-46-43-36-34-32-30-28-26-24-22-20-18-16-14-12-10-8-6-4-2/h6,8,12,14,18,20,24,26,30,32,36,43,48,50,79,82H,3-5,7,9-11,13,15-17,19,21-23,25,27-29,31,33-35,37-42,44-47,49,51-78H2,1-2H3/b8-6-,14-12-,20-18-,26-24-,32-30-,43-36-,50-48-. The fraction of sp³-hybridized carbons (Fsp3) is 0.802. The Kier molecular flexibility index (Phi) is 73.7. The molecule has 0 saturated heterocycles. The summed E-state index contributed by atoms with van der Waals surface area (Å²) in [7, 11) is 0. The first kappa shape index (κ1) is 83.1. The molecule has 0 radical (unpaired) electrons. The number of aliphatic hydroxyl groups is 1. The molecule has 0 spiro atoms. The summed E-state index contributed by atoms with van der Waals surface area (Å²) in [6.45, 7) is 4.08. The first-order chi connectivity index (χ1) is 42.6. The lowest BCUT2D eigenvalue weighted by molar-refractivity contribution is -0.161. The molecule has 0 aliphatic carbocycles. The average Bonchev–Trinajstić information content (AvgIpc) is 3.55. The number of allylic oxidation sites excluding steroid dienone is 14. The molecule has 0 aliphatic heterocycles. The number of esters is 2. The summed E-state index contributed by atoms with van der Waals surface area (Å²) in [5.74, 6) is -0.579. The Hall–Kier alpha value is -2.92. The molecule has 5 heteroatoms. The van der Waals surface area contributed by atoms with E-state index in [2.05, 4.69) is 98.9 Å². The fourth-order valence-corrected chi connectivity index (χ4v) is 11.5. The summed E-state index contributed by atoms with van der Waals surface area (Å²) in [5, 5.41) is 9.72. The van der Waals surface area contributed by atoms with Crippen LogP contribution in [0, 0.1) is 0 Å². The van der Waals surface area contributed by atoms with Gasteiger partial charge in [-0.15, -0.1) is 0 Å². The average molecular weight is 1200 g/mol. The van der Waals surface area contributed by atoms with Gasteiger partial charge in [0.25, 0.3) is 0 Å². The van der Waals surface area contributed by atoms with Crippen molar-refractivity contribution in [3.63, 3.8) is 0 Å². The molecule has 0 bridgehead atoms. The van der Waals surface area contributed by atoms with Gasteiger partial charge in [0.1, 0.15) is 6.61 Å². The van der Waals surface area contributed by atoms with E-state index in [1.165, 1.54) is 289 Å². The fourth-order valence-electron chi connectivity index (χ4n) is 11.5. The lowest BCUT2D eigenvalue weighted by atomic mass is 10.0. The lowest BCUT2D eigenvalue weighted by Crippen LogP contribution is -2.28. The van der Waals surface area contributed by atoms with Crippen molar-refractivity contribution in [1.82, 2.24) is 0 Å². The van der Waals surface area contributed by atoms with Crippen LogP contribution in [0.1, 0.15) is 399 Å². The van der Waals surface area contributed by atoms with Gasteiger partial charge in [0, 0.05) is 12.8 Å². The van der Waals surface area contributed by atoms with Gasteiger partial charge < -0.3 is 14.6 Å².